The summed E-state index contributed by atoms with van der Waals surface area (Å²) in [4.78, 5) is 22.4. The van der Waals surface area contributed by atoms with Crippen molar-refractivity contribution in [1.29, 1.82) is 0 Å². The molecule has 1 amide bonds. The molecule has 0 aliphatic carbocycles. The monoisotopic (exact) mass is 367 g/mol. The zero-order chi connectivity index (χ0) is 18.8. The Morgan fingerprint density at radius 3 is 2.81 bits per heavy atom. The van der Waals surface area contributed by atoms with E-state index in [9.17, 15) is 4.79 Å². The van der Waals surface area contributed by atoms with Crippen molar-refractivity contribution in [3.63, 3.8) is 0 Å². The van der Waals surface area contributed by atoms with Crippen molar-refractivity contribution in [1.82, 2.24) is 19.9 Å². The van der Waals surface area contributed by atoms with E-state index in [-0.39, 0.29) is 12.0 Å². The SMILES string of the molecule is CCCCn1c(N)c(C(=O)NC[C@H]2CCCO2)c2nc3ccccc3nc21. The quantitative estimate of drug-likeness (QED) is 0.698. The summed E-state index contributed by atoms with van der Waals surface area (Å²) < 4.78 is 7.51. The Morgan fingerprint density at radius 2 is 2.11 bits per heavy atom. The Balaban J connectivity index is 1.76. The van der Waals surface area contributed by atoms with E-state index < -0.39 is 0 Å². The van der Waals surface area contributed by atoms with E-state index in [1.54, 1.807) is 0 Å². The summed E-state index contributed by atoms with van der Waals surface area (Å²) in [7, 11) is 0. The van der Waals surface area contributed by atoms with Crippen LogP contribution in [0.1, 0.15) is 43.0 Å². The van der Waals surface area contributed by atoms with E-state index in [1.807, 2.05) is 28.8 Å². The fraction of sp³-hybridized carbons (Fsp3) is 0.450. The fourth-order valence-electron chi connectivity index (χ4n) is 3.58. The van der Waals surface area contributed by atoms with Crippen LogP contribution in [0, 0.1) is 0 Å². The molecule has 142 valence electrons. The predicted octanol–water partition coefficient (Wildman–Crippen LogP) is 2.88. The lowest BCUT2D eigenvalue weighted by Crippen LogP contribution is -2.32. The first-order valence-electron chi connectivity index (χ1n) is 9.63. The molecule has 1 aliphatic rings. The molecule has 3 aromatic rings. The third kappa shape index (κ3) is 3.35. The molecular weight excluding hydrogens is 342 g/mol. The maximum absolute atomic E-state index is 12.9. The fourth-order valence-corrected chi connectivity index (χ4v) is 3.58. The van der Waals surface area contributed by atoms with E-state index in [0.29, 0.717) is 35.6 Å². The minimum Gasteiger partial charge on any atom is -0.384 e. The summed E-state index contributed by atoms with van der Waals surface area (Å²) in [5.41, 5.74) is 9.59. The summed E-state index contributed by atoms with van der Waals surface area (Å²) in [5.74, 6) is 0.214. The van der Waals surface area contributed by atoms with Gasteiger partial charge in [0.25, 0.3) is 5.91 Å². The molecule has 0 bridgehead atoms. The van der Waals surface area contributed by atoms with Crippen molar-refractivity contribution in [2.24, 2.45) is 0 Å². The average Bonchev–Trinajstić information content (AvgIpc) is 3.29. The van der Waals surface area contributed by atoms with Gasteiger partial charge in [-0.05, 0) is 31.4 Å². The van der Waals surface area contributed by atoms with E-state index in [0.717, 1.165) is 43.3 Å². The Labute approximate surface area is 157 Å². The number of rotatable bonds is 6. The lowest BCUT2D eigenvalue weighted by molar-refractivity contribution is 0.0859. The zero-order valence-corrected chi connectivity index (χ0v) is 15.6. The summed E-state index contributed by atoms with van der Waals surface area (Å²) in [6.07, 6.45) is 4.07. The van der Waals surface area contributed by atoms with Gasteiger partial charge in [0.2, 0.25) is 0 Å². The number of carbonyl (C=O) groups excluding carboxylic acids is 1. The minimum absolute atomic E-state index is 0.0792. The van der Waals surface area contributed by atoms with E-state index in [4.69, 9.17) is 20.4 Å². The van der Waals surface area contributed by atoms with Crippen LogP contribution in [0.2, 0.25) is 0 Å². The van der Waals surface area contributed by atoms with Crippen molar-refractivity contribution >= 4 is 33.9 Å². The van der Waals surface area contributed by atoms with Gasteiger partial charge in [0.1, 0.15) is 16.9 Å². The molecule has 3 N–H and O–H groups in total. The van der Waals surface area contributed by atoms with Crippen LogP contribution in [-0.4, -0.2) is 39.7 Å². The molecule has 7 nitrogen and oxygen atoms in total. The van der Waals surface area contributed by atoms with Crippen LogP contribution in [-0.2, 0) is 11.3 Å². The van der Waals surface area contributed by atoms with Crippen LogP contribution in [0.3, 0.4) is 0 Å². The number of nitrogens with zero attached hydrogens (tertiary/aromatic N) is 3. The van der Waals surface area contributed by atoms with E-state index in [1.165, 1.54) is 0 Å². The molecule has 2 aromatic heterocycles. The molecule has 27 heavy (non-hydrogen) atoms. The van der Waals surface area contributed by atoms with Crippen LogP contribution < -0.4 is 11.1 Å². The molecule has 1 atom stereocenters. The van der Waals surface area contributed by atoms with Crippen LogP contribution in [0.25, 0.3) is 22.2 Å². The highest BCUT2D eigenvalue weighted by atomic mass is 16.5. The predicted molar refractivity (Wildman–Crippen MR) is 106 cm³/mol. The minimum atomic E-state index is -0.215. The Hall–Kier alpha value is -2.67. The van der Waals surface area contributed by atoms with Crippen LogP contribution in [0.4, 0.5) is 5.82 Å². The van der Waals surface area contributed by atoms with E-state index >= 15 is 0 Å². The molecule has 1 aliphatic heterocycles. The molecule has 0 radical (unpaired) electrons. The number of ether oxygens (including phenoxy) is 1. The number of hydrogen-bond donors (Lipinski definition) is 2. The maximum atomic E-state index is 12.9. The maximum Gasteiger partial charge on any atom is 0.257 e. The molecule has 3 heterocycles. The van der Waals surface area contributed by atoms with E-state index in [2.05, 4.69) is 12.2 Å². The van der Waals surface area contributed by atoms with Gasteiger partial charge >= 0.3 is 0 Å². The van der Waals surface area contributed by atoms with Crippen molar-refractivity contribution < 1.29 is 9.53 Å². The Bertz CT molecular complexity index is 975. The van der Waals surface area contributed by atoms with Crippen molar-refractivity contribution in [2.45, 2.75) is 45.3 Å². The normalized spacial score (nSPS) is 17.0. The Kier molecular flexibility index (Phi) is 4.94. The third-order valence-electron chi connectivity index (χ3n) is 5.07. The van der Waals surface area contributed by atoms with Gasteiger partial charge in [0, 0.05) is 19.7 Å². The molecule has 1 aromatic carbocycles. The van der Waals surface area contributed by atoms with Gasteiger partial charge in [-0.3, -0.25) is 4.79 Å². The number of para-hydroxylation sites is 2. The smallest absolute Gasteiger partial charge is 0.257 e. The van der Waals surface area contributed by atoms with Gasteiger partial charge in [-0.25, -0.2) is 9.97 Å². The number of nitrogens with one attached hydrogen (secondary N) is 1. The van der Waals surface area contributed by atoms with Crippen molar-refractivity contribution in [2.75, 3.05) is 18.9 Å². The largest absolute Gasteiger partial charge is 0.384 e. The van der Waals surface area contributed by atoms with Crippen LogP contribution in [0.15, 0.2) is 24.3 Å². The summed E-state index contributed by atoms with van der Waals surface area (Å²) in [6, 6.07) is 7.67. The standard InChI is InChI=1S/C20H25N5O2/c1-2-3-10-25-18(21)16(20(26)22-12-13-7-6-11-27-13)17-19(25)24-15-9-5-4-8-14(15)23-17/h4-5,8-9,13H,2-3,6-7,10-12,21H2,1H3,(H,22,26)/t13-/m1/s1. The number of amides is 1. The third-order valence-corrected chi connectivity index (χ3v) is 5.07. The molecule has 1 saturated heterocycles. The number of aryl methyl sites for hydroxylation is 1. The van der Waals surface area contributed by atoms with Crippen molar-refractivity contribution in [3.8, 4) is 0 Å². The number of carbonyl (C=O) groups is 1. The average molecular weight is 367 g/mol. The molecule has 7 heteroatoms. The number of anilines is 1. The lowest BCUT2D eigenvalue weighted by atomic mass is 10.2. The summed E-state index contributed by atoms with van der Waals surface area (Å²) in [5, 5.41) is 2.97. The van der Waals surface area contributed by atoms with Gasteiger partial charge in [-0.2, -0.15) is 0 Å². The van der Waals surface area contributed by atoms with Gasteiger partial charge in [0.15, 0.2) is 5.65 Å². The second kappa shape index (κ2) is 7.52. The number of nitrogen functional groups attached to an aromatic ring is 1. The lowest BCUT2D eigenvalue weighted by Gasteiger charge is -2.11. The highest BCUT2D eigenvalue weighted by molar-refractivity contribution is 6.10. The summed E-state index contributed by atoms with van der Waals surface area (Å²) >= 11 is 0. The number of benzene rings is 1. The van der Waals surface area contributed by atoms with Crippen LogP contribution >= 0.6 is 0 Å². The number of hydrogen-bond acceptors (Lipinski definition) is 5. The number of unbranched alkanes of at least 4 members (excludes halogenated alkanes) is 1. The van der Waals surface area contributed by atoms with Crippen LogP contribution in [0.5, 0.6) is 0 Å². The summed E-state index contributed by atoms with van der Waals surface area (Å²) in [6.45, 7) is 4.08. The molecule has 4 rings (SSSR count). The second-order valence-electron chi connectivity index (χ2n) is 7.00. The molecule has 0 spiro atoms. The number of fused-ring (bicyclic) bond motifs is 2. The Morgan fingerprint density at radius 1 is 1.33 bits per heavy atom. The highest BCUT2D eigenvalue weighted by Crippen LogP contribution is 2.28. The zero-order valence-electron chi connectivity index (χ0n) is 15.6. The molecule has 0 unspecified atom stereocenters. The number of nitrogens with two attached hydrogens (primary N) is 1. The molecule has 0 saturated carbocycles. The first-order chi connectivity index (χ1) is 13.2. The second-order valence-corrected chi connectivity index (χ2v) is 7.00. The molecular formula is C20H25N5O2. The van der Waals surface area contributed by atoms with Gasteiger partial charge < -0.3 is 20.4 Å². The van der Waals surface area contributed by atoms with Gasteiger partial charge in [-0.15, -0.1) is 0 Å². The number of aromatic nitrogens is 3. The highest BCUT2D eigenvalue weighted by Gasteiger charge is 2.25. The van der Waals surface area contributed by atoms with Gasteiger partial charge in [0.05, 0.1) is 17.1 Å². The first kappa shape index (κ1) is 17.7. The first-order valence-corrected chi connectivity index (χ1v) is 9.63. The topological polar surface area (TPSA) is 95.1 Å². The van der Waals surface area contributed by atoms with Crippen molar-refractivity contribution in [3.05, 3.63) is 29.8 Å². The van der Waals surface area contributed by atoms with Gasteiger partial charge in [-0.1, -0.05) is 25.5 Å². The molecule has 1 fully saturated rings.